The first kappa shape index (κ1) is 23.0. The number of rotatable bonds is 10. The minimum absolute atomic E-state index is 0. The topological polar surface area (TPSA) is 48.9 Å². The monoisotopic (exact) mass is 448 g/mol. The molecule has 0 amide bonds. The van der Waals surface area contributed by atoms with Crippen molar-refractivity contribution in [1.82, 2.24) is 15.5 Å². The Bertz CT molecular complexity index is 456. The van der Waals surface area contributed by atoms with Crippen LogP contribution in [-0.2, 0) is 6.54 Å². The molecule has 5 nitrogen and oxygen atoms in total. The molecule has 0 bridgehead atoms. The molecule has 0 aliphatic heterocycles. The molecule has 1 aromatic carbocycles. The van der Waals surface area contributed by atoms with Gasteiger partial charge in [0, 0.05) is 25.2 Å². The first-order valence-electron chi connectivity index (χ1n) is 8.70. The number of guanidine groups is 1. The van der Waals surface area contributed by atoms with Gasteiger partial charge in [-0.05, 0) is 33.0 Å². The molecule has 6 heteroatoms. The second-order valence-electron chi connectivity index (χ2n) is 5.21. The lowest BCUT2D eigenvalue weighted by atomic mass is 10.2. The van der Waals surface area contributed by atoms with E-state index in [9.17, 15) is 0 Å². The summed E-state index contributed by atoms with van der Waals surface area (Å²) in [5.41, 5.74) is 1.11. The molecule has 0 spiro atoms. The Morgan fingerprint density at radius 1 is 1.04 bits per heavy atom. The van der Waals surface area contributed by atoms with Gasteiger partial charge in [0.1, 0.15) is 12.4 Å². The Morgan fingerprint density at radius 2 is 1.67 bits per heavy atom. The summed E-state index contributed by atoms with van der Waals surface area (Å²) in [6.07, 6.45) is 0. The predicted molar refractivity (Wildman–Crippen MR) is 114 cm³/mol. The molecular weight excluding hydrogens is 415 g/mol. The van der Waals surface area contributed by atoms with Gasteiger partial charge in [0.25, 0.3) is 0 Å². The average molecular weight is 448 g/mol. The molecule has 1 rings (SSSR count). The summed E-state index contributed by atoms with van der Waals surface area (Å²) >= 11 is 0. The van der Waals surface area contributed by atoms with Gasteiger partial charge in [-0.1, -0.05) is 32.0 Å². The maximum Gasteiger partial charge on any atom is 0.191 e. The molecule has 0 radical (unpaired) electrons. The van der Waals surface area contributed by atoms with Crippen LogP contribution in [0.2, 0.25) is 0 Å². The van der Waals surface area contributed by atoms with Crippen LogP contribution in [0.1, 0.15) is 33.3 Å². The van der Waals surface area contributed by atoms with E-state index in [0.717, 1.165) is 50.0 Å². The number of nitrogens with zero attached hydrogens (tertiary/aromatic N) is 2. The fourth-order valence-corrected chi connectivity index (χ4v) is 2.27. The summed E-state index contributed by atoms with van der Waals surface area (Å²) < 4.78 is 5.97. The van der Waals surface area contributed by atoms with Crippen molar-refractivity contribution in [2.24, 2.45) is 4.99 Å². The molecule has 0 atom stereocenters. The van der Waals surface area contributed by atoms with Crippen molar-refractivity contribution in [3.8, 4) is 5.75 Å². The zero-order valence-electron chi connectivity index (χ0n) is 15.5. The van der Waals surface area contributed by atoms with Crippen LogP contribution < -0.4 is 15.4 Å². The van der Waals surface area contributed by atoms with E-state index in [1.807, 2.05) is 18.2 Å². The Kier molecular flexibility index (Phi) is 13.7. The summed E-state index contributed by atoms with van der Waals surface area (Å²) in [6, 6.07) is 8.14. The number of likely N-dealkylation sites (N-methyl/N-ethyl adjacent to an activating group) is 1. The highest BCUT2D eigenvalue weighted by Crippen LogP contribution is 2.18. The fraction of sp³-hybridized carbons (Fsp3) is 0.611. The maximum atomic E-state index is 5.97. The van der Waals surface area contributed by atoms with Gasteiger partial charge in [-0.2, -0.15) is 0 Å². The molecule has 0 aromatic heterocycles. The predicted octanol–water partition coefficient (Wildman–Crippen LogP) is 3.10. The van der Waals surface area contributed by atoms with E-state index < -0.39 is 0 Å². The van der Waals surface area contributed by atoms with Gasteiger partial charge in [-0.25, -0.2) is 4.99 Å². The minimum atomic E-state index is 0. The van der Waals surface area contributed by atoms with Crippen LogP contribution in [0.4, 0.5) is 0 Å². The molecule has 0 aliphatic rings. The number of aliphatic imine (C=N–C) groups is 1. The molecule has 24 heavy (non-hydrogen) atoms. The Labute approximate surface area is 164 Å². The van der Waals surface area contributed by atoms with Crippen LogP contribution in [0.3, 0.4) is 0 Å². The zero-order valence-corrected chi connectivity index (χ0v) is 17.8. The van der Waals surface area contributed by atoms with Gasteiger partial charge in [-0.15, -0.1) is 24.0 Å². The molecular formula is C18H33IN4O. The number of benzene rings is 1. The van der Waals surface area contributed by atoms with Crippen molar-refractivity contribution in [3.05, 3.63) is 29.8 Å². The van der Waals surface area contributed by atoms with Gasteiger partial charge < -0.3 is 20.3 Å². The van der Waals surface area contributed by atoms with E-state index in [4.69, 9.17) is 4.74 Å². The highest BCUT2D eigenvalue weighted by molar-refractivity contribution is 14.0. The van der Waals surface area contributed by atoms with Crippen LogP contribution >= 0.6 is 24.0 Å². The summed E-state index contributed by atoms with van der Waals surface area (Å²) in [5, 5.41) is 6.48. The highest BCUT2D eigenvalue weighted by atomic mass is 127. The largest absolute Gasteiger partial charge is 0.492 e. The summed E-state index contributed by atoms with van der Waals surface area (Å²) in [5.74, 6) is 1.77. The van der Waals surface area contributed by atoms with Gasteiger partial charge in [0.05, 0.1) is 6.54 Å². The molecule has 0 unspecified atom stereocenters. The molecule has 0 aliphatic carbocycles. The number of nitrogens with one attached hydrogen (secondary N) is 2. The number of ether oxygens (including phenoxy) is 1. The van der Waals surface area contributed by atoms with Crippen LogP contribution in [0.15, 0.2) is 29.3 Å². The van der Waals surface area contributed by atoms with Crippen molar-refractivity contribution in [2.45, 2.75) is 34.2 Å². The number of hydrogen-bond donors (Lipinski definition) is 2. The number of halogens is 1. The lowest BCUT2D eigenvalue weighted by Gasteiger charge is -2.18. The molecule has 0 saturated carbocycles. The van der Waals surface area contributed by atoms with Gasteiger partial charge in [0.2, 0.25) is 0 Å². The number of para-hydroxylation sites is 1. The summed E-state index contributed by atoms with van der Waals surface area (Å²) in [7, 11) is 0. The van der Waals surface area contributed by atoms with E-state index in [-0.39, 0.29) is 24.0 Å². The standard InChI is InChI=1S/C18H32N4O.HI/c1-5-19-18(20-6-2)21-15-16-11-9-10-12-17(16)23-14-13-22(7-3)8-4;/h9-12H,5-8,13-15H2,1-4H3,(H2,19,20,21);1H. The van der Waals surface area contributed by atoms with Crippen molar-refractivity contribution >= 4 is 29.9 Å². The van der Waals surface area contributed by atoms with E-state index in [1.54, 1.807) is 0 Å². The normalized spacial score (nSPS) is 10.0. The molecule has 1 aromatic rings. The van der Waals surface area contributed by atoms with Gasteiger partial charge in [0.15, 0.2) is 5.96 Å². The molecule has 2 N–H and O–H groups in total. The second-order valence-corrected chi connectivity index (χ2v) is 5.21. The van der Waals surface area contributed by atoms with E-state index in [1.165, 1.54) is 0 Å². The first-order valence-corrected chi connectivity index (χ1v) is 8.70. The van der Waals surface area contributed by atoms with Crippen LogP contribution in [-0.4, -0.2) is 50.2 Å². The van der Waals surface area contributed by atoms with Crippen LogP contribution in [0, 0.1) is 0 Å². The van der Waals surface area contributed by atoms with E-state index >= 15 is 0 Å². The van der Waals surface area contributed by atoms with Crippen molar-refractivity contribution in [1.29, 1.82) is 0 Å². The lowest BCUT2D eigenvalue weighted by molar-refractivity contribution is 0.221. The third-order valence-corrected chi connectivity index (χ3v) is 3.63. The van der Waals surface area contributed by atoms with E-state index in [0.29, 0.717) is 13.2 Å². The van der Waals surface area contributed by atoms with Crippen molar-refractivity contribution < 1.29 is 4.74 Å². The molecule has 0 heterocycles. The van der Waals surface area contributed by atoms with E-state index in [2.05, 4.69) is 54.3 Å². The van der Waals surface area contributed by atoms with Gasteiger partial charge in [-0.3, -0.25) is 0 Å². The third-order valence-electron chi connectivity index (χ3n) is 3.63. The highest BCUT2D eigenvalue weighted by Gasteiger charge is 2.05. The average Bonchev–Trinajstić information content (AvgIpc) is 2.58. The zero-order chi connectivity index (χ0) is 16.9. The number of hydrogen-bond acceptors (Lipinski definition) is 3. The van der Waals surface area contributed by atoms with Crippen LogP contribution in [0.5, 0.6) is 5.75 Å². The summed E-state index contributed by atoms with van der Waals surface area (Å²) in [6.45, 7) is 14.6. The molecule has 0 saturated heterocycles. The third kappa shape index (κ3) is 8.73. The molecule has 138 valence electrons. The fourth-order valence-electron chi connectivity index (χ4n) is 2.27. The molecule has 0 fully saturated rings. The Balaban J connectivity index is 0.00000529. The Morgan fingerprint density at radius 3 is 2.25 bits per heavy atom. The maximum absolute atomic E-state index is 5.97. The quantitative estimate of drug-likeness (QED) is 0.328. The second kappa shape index (κ2) is 14.3. The first-order chi connectivity index (χ1) is 11.2. The SMILES string of the molecule is CCNC(=NCc1ccccc1OCCN(CC)CC)NCC.I. The van der Waals surface area contributed by atoms with Crippen molar-refractivity contribution in [3.63, 3.8) is 0 Å². The minimum Gasteiger partial charge on any atom is -0.492 e. The van der Waals surface area contributed by atoms with Crippen molar-refractivity contribution in [2.75, 3.05) is 39.3 Å². The van der Waals surface area contributed by atoms with Gasteiger partial charge >= 0.3 is 0 Å². The summed E-state index contributed by atoms with van der Waals surface area (Å²) in [4.78, 5) is 6.97. The smallest absolute Gasteiger partial charge is 0.191 e. The van der Waals surface area contributed by atoms with Crippen LogP contribution in [0.25, 0.3) is 0 Å². The Hall–Kier alpha value is -1.02. The lowest BCUT2D eigenvalue weighted by Crippen LogP contribution is -2.37.